The van der Waals surface area contributed by atoms with Crippen LogP contribution >= 0.6 is 11.3 Å². The molecule has 0 aromatic carbocycles. The van der Waals surface area contributed by atoms with Crippen molar-refractivity contribution in [1.29, 1.82) is 0 Å². The van der Waals surface area contributed by atoms with Crippen LogP contribution < -0.4 is 0 Å². The van der Waals surface area contributed by atoms with Crippen LogP contribution in [0.3, 0.4) is 0 Å². The van der Waals surface area contributed by atoms with Crippen LogP contribution in [-0.4, -0.2) is 16.7 Å². The molecule has 2 amide bonds. The van der Waals surface area contributed by atoms with Crippen molar-refractivity contribution in [3.8, 4) is 0 Å². The van der Waals surface area contributed by atoms with Crippen molar-refractivity contribution in [1.82, 2.24) is 4.90 Å². The monoisotopic (exact) mass is 207 g/mol. The highest BCUT2D eigenvalue weighted by Gasteiger charge is 2.29. The van der Waals surface area contributed by atoms with Gasteiger partial charge in [0.05, 0.1) is 6.04 Å². The van der Waals surface area contributed by atoms with Gasteiger partial charge in [-0.05, 0) is 18.4 Å². The minimum Gasteiger partial charge on any atom is -0.269 e. The summed E-state index contributed by atoms with van der Waals surface area (Å²) in [7, 11) is 0. The molecule has 1 aromatic heterocycles. The van der Waals surface area contributed by atoms with E-state index in [2.05, 4.69) is 0 Å². The lowest BCUT2D eigenvalue weighted by atomic mass is 10.2. The van der Waals surface area contributed by atoms with Gasteiger partial charge in [0.25, 0.3) is 11.8 Å². The third-order valence-electron chi connectivity index (χ3n) is 2.19. The summed E-state index contributed by atoms with van der Waals surface area (Å²) in [4.78, 5) is 25.0. The Balaban J connectivity index is 2.24. The van der Waals surface area contributed by atoms with Crippen molar-refractivity contribution in [3.63, 3.8) is 0 Å². The Morgan fingerprint density at radius 3 is 2.43 bits per heavy atom. The van der Waals surface area contributed by atoms with E-state index in [9.17, 15) is 9.59 Å². The average molecular weight is 207 g/mol. The number of amides is 2. The predicted octanol–water partition coefficient (Wildman–Crippen LogP) is 1.73. The van der Waals surface area contributed by atoms with E-state index in [-0.39, 0.29) is 17.9 Å². The molecule has 4 heteroatoms. The van der Waals surface area contributed by atoms with E-state index >= 15 is 0 Å². The summed E-state index contributed by atoms with van der Waals surface area (Å²) >= 11 is 1.55. The minimum absolute atomic E-state index is 0.162. The molecule has 1 aromatic rings. The first kappa shape index (κ1) is 9.15. The van der Waals surface area contributed by atoms with Crippen LogP contribution in [0.5, 0.6) is 0 Å². The SMILES string of the molecule is CC(c1cccs1)N1C(=O)C=CC1=O. The summed E-state index contributed by atoms with van der Waals surface area (Å²) in [6.45, 7) is 1.86. The minimum atomic E-state index is -0.226. The molecule has 72 valence electrons. The summed E-state index contributed by atoms with van der Waals surface area (Å²) in [5.41, 5.74) is 0. The highest BCUT2D eigenvalue weighted by atomic mass is 32.1. The van der Waals surface area contributed by atoms with Crippen LogP contribution in [0, 0.1) is 0 Å². The molecule has 1 aliphatic rings. The fourth-order valence-electron chi connectivity index (χ4n) is 1.45. The second-order valence-corrected chi connectivity index (χ2v) is 4.05. The van der Waals surface area contributed by atoms with E-state index < -0.39 is 0 Å². The second kappa shape index (κ2) is 3.38. The molecule has 14 heavy (non-hydrogen) atoms. The molecule has 0 saturated carbocycles. The molecular weight excluding hydrogens is 198 g/mol. The van der Waals surface area contributed by atoms with Gasteiger partial charge in [-0.2, -0.15) is 0 Å². The van der Waals surface area contributed by atoms with Gasteiger partial charge < -0.3 is 0 Å². The Kier molecular flexibility index (Phi) is 2.21. The van der Waals surface area contributed by atoms with Gasteiger partial charge in [-0.25, -0.2) is 0 Å². The standard InChI is InChI=1S/C10H9NO2S/c1-7(8-3-2-6-14-8)11-9(12)4-5-10(11)13/h2-7H,1H3. The van der Waals surface area contributed by atoms with Crippen molar-refractivity contribution in [2.75, 3.05) is 0 Å². The quantitative estimate of drug-likeness (QED) is 0.693. The average Bonchev–Trinajstić information content (AvgIpc) is 2.75. The second-order valence-electron chi connectivity index (χ2n) is 3.07. The van der Waals surface area contributed by atoms with Gasteiger partial charge in [0.15, 0.2) is 0 Å². The van der Waals surface area contributed by atoms with Gasteiger partial charge in [0.1, 0.15) is 0 Å². The summed E-state index contributed by atoms with van der Waals surface area (Å²) in [6.07, 6.45) is 2.62. The lowest BCUT2D eigenvalue weighted by molar-refractivity contribution is -0.139. The molecule has 0 N–H and O–H groups in total. The van der Waals surface area contributed by atoms with Crippen LogP contribution in [0.4, 0.5) is 0 Å². The number of thiophene rings is 1. The first-order valence-corrected chi connectivity index (χ1v) is 5.17. The molecule has 1 atom stereocenters. The van der Waals surface area contributed by atoms with E-state index in [4.69, 9.17) is 0 Å². The normalized spacial score (nSPS) is 17.9. The van der Waals surface area contributed by atoms with E-state index in [0.717, 1.165) is 4.88 Å². The Morgan fingerprint density at radius 2 is 1.93 bits per heavy atom. The molecule has 0 fully saturated rings. The Bertz CT molecular complexity index is 376. The summed E-state index contributed by atoms with van der Waals surface area (Å²) in [5, 5.41) is 1.93. The molecule has 0 aliphatic carbocycles. The Hall–Kier alpha value is -1.42. The van der Waals surface area contributed by atoms with E-state index in [0.29, 0.717) is 0 Å². The van der Waals surface area contributed by atoms with Gasteiger partial charge in [0, 0.05) is 17.0 Å². The zero-order chi connectivity index (χ0) is 10.1. The third-order valence-corrected chi connectivity index (χ3v) is 3.23. The fourth-order valence-corrected chi connectivity index (χ4v) is 2.22. The van der Waals surface area contributed by atoms with Crippen LogP contribution in [0.1, 0.15) is 17.8 Å². The van der Waals surface area contributed by atoms with Crippen LogP contribution in [0.2, 0.25) is 0 Å². The van der Waals surface area contributed by atoms with Crippen molar-refractivity contribution < 1.29 is 9.59 Å². The van der Waals surface area contributed by atoms with Crippen molar-refractivity contribution in [2.45, 2.75) is 13.0 Å². The number of nitrogens with zero attached hydrogens (tertiary/aromatic N) is 1. The number of imide groups is 1. The molecular formula is C10H9NO2S. The summed E-state index contributed by atoms with van der Waals surface area (Å²) in [5.74, 6) is -0.452. The largest absolute Gasteiger partial charge is 0.269 e. The first-order valence-electron chi connectivity index (χ1n) is 4.29. The van der Waals surface area contributed by atoms with E-state index in [1.54, 1.807) is 11.3 Å². The molecule has 1 aliphatic heterocycles. The van der Waals surface area contributed by atoms with Gasteiger partial charge in [-0.3, -0.25) is 14.5 Å². The molecule has 2 rings (SSSR count). The van der Waals surface area contributed by atoms with Gasteiger partial charge in [-0.1, -0.05) is 6.07 Å². The summed E-state index contributed by atoms with van der Waals surface area (Å²) in [6, 6.07) is 3.67. The smallest absolute Gasteiger partial charge is 0.254 e. The molecule has 2 heterocycles. The van der Waals surface area contributed by atoms with Crippen LogP contribution in [0.15, 0.2) is 29.7 Å². The molecule has 1 unspecified atom stereocenters. The molecule has 0 saturated heterocycles. The maximum Gasteiger partial charge on any atom is 0.254 e. The lowest BCUT2D eigenvalue weighted by Gasteiger charge is -2.20. The van der Waals surface area contributed by atoms with E-state index in [1.807, 2.05) is 24.4 Å². The van der Waals surface area contributed by atoms with Gasteiger partial charge >= 0.3 is 0 Å². The Morgan fingerprint density at radius 1 is 1.29 bits per heavy atom. The summed E-state index contributed by atoms with van der Waals surface area (Å²) < 4.78 is 0. The third kappa shape index (κ3) is 1.37. The lowest BCUT2D eigenvalue weighted by Crippen LogP contribution is -2.32. The number of hydrogen-bond donors (Lipinski definition) is 0. The van der Waals surface area contributed by atoms with Crippen molar-refractivity contribution >= 4 is 23.2 Å². The van der Waals surface area contributed by atoms with E-state index in [1.165, 1.54) is 17.1 Å². The van der Waals surface area contributed by atoms with Crippen LogP contribution in [-0.2, 0) is 9.59 Å². The van der Waals surface area contributed by atoms with Crippen LogP contribution in [0.25, 0.3) is 0 Å². The zero-order valence-corrected chi connectivity index (χ0v) is 8.45. The Labute approximate surface area is 85.6 Å². The molecule has 0 spiro atoms. The molecule has 3 nitrogen and oxygen atoms in total. The number of rotatable bonds is 2. The van der Waals surface area contributed by atoms with Crippen molar-refractivity contribution in [3.05, 3.63) is 34.5 Å². The van der Waals surface area contributed by atoms with Gasteiger partial charge in [0.2, 0.25) is 0 Å². The van der Waals surface area contributed by atoms with Crippen molar-refractivity contribution in [2.24, 2.45) is 0 Å². The maximum absolute atomic E-state index is 11.3. The topological polar surface area (TPSA) is 37.4 Å². The molecule has 0 radical (unpaired) electrons. The van der Waals surface area contributed by atoms with Gasteiger partial charge in [-0.15, -0.1) is 11.3 Å². The number of hydrogen-bond acceptors (Lipinski definition) is 3. The predicted molar refractivity (Wildman–Crippen MR) is 53.7 cm³/mol. The highest BCUT2D eigenvalue weighted by Crippen LogP contribution is 2.26. The fraction of sp³-hybridized carbons (Fsp3) is 0.200. The molecule has 0 bridgehead atoms. The highest BCUT2D eigenvalue weighted by molar-refractivity contribution is 7.10. The maximum atomic E-state index is 11.3. The zero-order valence-electron chi connectivity index (χ0n) is 7.64. The first-order chi connectivity index (χ1) is 6.70. The number of carbonyl (C=O) groups is 2. The number of carbonyl (C=O) groups excluding carboxylic acids is 2.